The van der Waals surface area contributed by atoms with E-state index in [-0.39, 0.29) is 19.4 Å². The van der Waals surface area contributed by atoms with Gasteiger partial charge >= 0.3 is 11.9 Å². The summed E-state index contributed by atoms with van der Waals surface area (Å²) in [6.07, 6.45) is 2.71. The van der Waals surface area contributed by atoms with Gasteiger partial charge in [-0.2, -0.15) is 0 Å². The molecular formula is C35H58O15. The quantitative estimate of drug-likeness (QED) is 0.0438. The largest absolute Gasteiger partial charge is 0.462 e. The number of hydrogen-bond acceptors (Lipinski definition) is 15. The fourth-order valence-electron chi connectivity index (χ4n) is 5.15. The summed E-state index contributed by atoms with van der Waals surface area (Å²) in [4.78, 5) is 24.6. The predicted molar refractivity (Wildman–Crippen MR) is 178 cm³/mol. The van der Waals surface area contributed by atoms with Crippen molar-refractivity contribution in [1.29, 1.82) is 0 Å². The minimum atomic E-state index is -1.76. The van der Waals surface area contributed by atoms with Crippen LogP contribution in [0.5, 0.6) is 0 Å². The molecule has 2 rings (SSSR count). The highest BCUT2D eigenvalue weighted by molar-refractivity contribution is 5.70. The van der Waals surface area contributed by atoms with Gasteiger partial charge in [0.25, 0.3) is 0 Å². The Kier molecular flexibility index (Phi) is 21.8. The van der Waals surface area contributed by atoms with E-state index < -0.39 is 99.3 Å². The van der Waals surface area contributed by atoms with Crippen molar-refractivity contribution < 1.29 is 73.8 Å². The topological polar surface area (TPSA) is 231 Å². The maximum Gasteiger partial charge on any atom is 0.306 e. The molecule has 7 N–H and O–H groups in total. The van der Waals surface area contributed by atoms with Crippen LogP contribution < -0.4 is 0 Å². The summed E-state index contributed by atoms with van der Waals surface area (Å²) >= 11 is 0. The molecule has 2 saturated heterocycles. The molecule has 0 aromatic carbocycles. The monoisotopic (exact) mass is 718 g/mol. The molecule has 0 aliphatic carbocycles. The maximum atomic E-state index is 12.6. The van der Waals surface area contributed by atoms with Crippen molar-refractivity contribution >= 4 is 11.9 Å². The Morgan fingerprint density at radius 3 is 1.90 bits per heavy atom. The van der Waals surface area contributed by atoms with Gasteiger partial charge in [-0.3, -0.25) is 9.59 Å². The van der Waals surface area contributed by atoms with Crippen LogP contribution in [0, 0.1) is 0 Å². The molecule has 11 atom stereocenters. The molecule has 15 nitrogen and oxygen atoms in total. The maximum absolute atomic E-state index is 12.6. The van der Waals surface area contributed by atoms with Crippen molar-refractivity contribution in [3.63, 3.8) is 0 Å². The molecule has 11 unspecified atom stereocenters. The average Bonchev–Trinajstić information content (AvgIpc) is 3.10. The van der Waals surface area contributed by atoms with Crippen molar-refractivity contribution in [3.05, 3.63) is 36.5 Å². The third-order valence-electron chi connectivity index (χ3n) is 8.10. The Balaban J connectivity index is 1.86. The Labute approximate surface area is 294 Å². The minimum Gasteiger partial charge on any atom is -0.462 e. The lowest BCUT2D eigenvalue weighted by atomic mass is 9.98. The third-order valence-corrected chi connectivity index (χ3v) is 8.10. The molecule has 288 valence electrons. The molecule has 0 aromatic rings. The van der Waals surface area contributed by atoms with Crippen LogP contribution in [-0.4, -0.2) is 142 Å². The van der Waals surface area contributed by atoms with Gasteiger partial charge in [-0.15, -0.1) is 0 Å². The number of ether oxygens (including phenoxy) is 6. The normalized spacial score (nSPS) is 31.1. The highest BCUT2D eigenvalue weighted by Crippen LogP contribution is 2.26. The molecule has 0 aromatic heterocycles. The van der Waals surface area contributed by atoms with E-state index in [1.54, 1.807) is 6.92 Å². The van der Waals surface area contributed by atoms with Crippen LogP contribution in [0.1, 0.15) is 78.1 Å². The lowest BCUT2D eigenvalue weighted by Crippen LogP contribution is -2.61. The number of carbonyl (C=O) groups is 2. The first kappa shape index (κ1) is 43.9. The fourth-order valence-corrected chi connectivity index (χ4v) is 5.15. The predicted octanol–water partition coefficient (Wildman–Crippen LogP) is 0.692. The van der Waals surface area contributed by atoms with Crippen LogP contribution >= 0.6 is 0 Å². The molecule has 0 bridgehead atoms. The fraction of sp³-hybridized carbons (Fsp3) is 0.771. The second kappa shape index (κ2) is 24.8. The third kappa shape index (κ3) is 15.5. The standard InChI is InChI=1S/C35H58O15/c1-3-5-6-7-8-9-10-11-12-13-14-15-16-18-27(38)48-23(20-45-26(37)17-4-2)21-46-34-33(44)31(42)29(40)25(50-34)22-47-35-32(43)30(41)28(39)24(19-36)49-35/h5-6,8-9,11-12,23-25,28-36,39-44H,3-4,7,10,13-22H2,1-2H3/b6-5-,9-8-,12-11-. The van der Waals surface area contributed by atoms with Crippen LogP contribution in [0.15, 0.2) is 36.5 Å². The van der Waals surface area contributed by atoms with E-state index in [2.05, 4.69) is 43.4 Å². The van der Waals surface area contributed by atoms with Crippen LogP contribution in [0.4, 0.5) is 0 Å². The van der Waals surface area contributed by atoms with Crippen molar-refractivity contribution in [2.24, 2.45) is 0 Å². The smallest absolute Gasteiger partial charge is 0.306 e. The first-order valence-electron chi connectivity index (χ1n) is 17.6. The minimum absolute atomic E-state index is 0.127. The average molecular weight is 719 g/mol. The van der Waals surface area contributed by atoms with E-state index in [1.807, 2.05) is 0 Å². The Morgan fingerprint density at radius 1 is 0.660 bits per heavy atom. The summed E-state index contributed by atoms with van der Waals surface area (Å²) < 4.78 is 32.7. The number of aliphatic hydroxyl groups is 7. The summed E-state index contributed by atoms with van der Waals surface area (Å²) in [6, 6.07) is 0. The van der Waals surface area contributed by atoms with Crippen LogP contribution in [-0.2, 0) is 38.0 Å². The molecule has 0 spiro atoms. The van der Waals surface area contributed by atoms with Crippen LogP contribution in [0.25, 0.3) is 0 Å². The SMILES string of the molecule is CC/C=C\C/C=C\C/C=C\CCCCCC(=O)OC(COC(=O)CCC)COC1OC(COC2OC(CO)C(O)C(O)C2O)C(O)C(O)C1O. The van der Waals surface area contributed by atoms with Crippen molar-refractivity contribution in [3.8, 4) is 0 Å². The van der Waals surface area contributed by atoms with Crippen LogP contribution in [0.2, 0.25) is 0 Å². The lowest BCUT2D eigenvalue weighted by molar-refractivity contribution is -0.332. The number of esters is 2. The Morgan fingerprint density at radius 2 is 1.26 bits per heavy atom. The zero-order valence-electron chi connectivity index (χ0n) is 29.1. The van der Waals surface area contributed by atoms with Crippen molar-refractivity contribution in [2.45, 2.75) is 146 Å². The van der Waals surface area contributed by atoms with Gasteiger partial charge in [0.1, 0.15) is 55.4 Å². The second-order valence-corrected chi connectivity index (χ2v) is 12.3. The van der Waals surface area contributed by atoms with Gasteiger partial charge < -0.3 is 64.2 Å². The molecule has 2 aliphatic rings. The summed E-state index contributed by atoms with van der Waals surface area (Å²) in [5, 5.41) is 71.0. The van der Waals surface area contributed by atoms with E-state index in [0.717, 1.165) is 38.5 Å². The Bertz CT molecular complexity index is 1030. The van der Waals surface area contributed by atoms with Gasteiger partial charge in [0.05, 0.1) is 19.8 Å². The van der Waals surface area contributed by atoms with Gasteiger partial charge in [-0.05, 0) is 44.9 Å². The molecule has 0 radical (unpaired) electrons. The molecule has 0 amide bonds. The molecular weight excluding hydrogens is 660 g/mol. The van der Waals surface area contributed by atoms with Gasteiger partial charge in [-0.1, -0.05) is 56.7 Å². The molecule has 2 fully saturated rings. The molecule has 50 heavy (non-hydrogen) atoms. The molecule has 2 aliphatic heterocycles. The van der Waals surface area contributed by atoms with Gasteiger partial charge in [0.2, 0.25) is 0 Å². The van der Waals surface area contributed by atoms with Crippen molar-refractivity contribution in [1.82, 2.24) is 0 Å². The first-order valence-corrected chi connectivity index (χ1v) is 17.6. The first-order chi connectivity index (χ1) is 24.0. The van der Waals surface area contributed by atoms with Gasteiger partial charge in [0, 0.05) is 12.8 Å². The number of rotatable bonds is 23. The number of unbranched alkanes of at least 4 members (excludes halogenated alkanes) is 3. The highest BCUT2D eigenvalue weighted by Gasteiger charge is 2.47. The summed E-state index contributed by atoms with van der Waals surface area (Å²) in [7, 11) is 0. The molecule has 15 heteroatoms. The molecule has 0 saturated carbocycles. The highest BCUT2D eigenvalue weighted by atomic mass is 16.7. The van der Waals surface area contributed by atoms with Crippen molar-refractivity contribution in [2.75, 3.05) is 26.4 Å². The summed E-state index contributed by atoms with van der Waals surface area (Å²) in [6.45, 7) is 1.97. The second-order valence-electron chi connectivity index (χ2n) is 12.3. The van der Waals surface area contributed by atoms with E-state index in [1.165, 1.54) is 0 Å². The van der Waals surface area contributed by atoms with E-state index in [4.69, 9.17) is 28.4 Å². The van der Waals surface area contributed by atoms with Gasteiger partial charge in [-0.25, -0.2) is 0 Å². The summed E-state index contributed by atoms with van der Waals surface area (Å²) in [5.41, 5.74) is 0. The Hall–Kier alpha value is -2.28. The van der Waals surface area contributed by atoms with E-state index in [0.29, 0.717) is 12.8 Å². The van der Waals surface area contributed by atoms with E-state index in [9.17, 15) is 45.3 Å². The van der Waals surface area contributed by atoms with Crippen LogP contribution in [0.3, 0.4) is 0 Å². The number of carbonyl (C=O) groups excluding carboxylic acids is 2. The number of hydrogen-bond donors (Lipinski definition) is 7. The zero-order valence-corrected chi connectivity index (χ0v) is 29.1. The number of aliphatic hydroxyl groups excluding tert-OH is 7. The van der Waals surface area contributed by atoms with Gasteiger partial charge in [0.15, 0.2) is 18.7 Å². The zero-order chi connectivity index (χ0) is 36.9. The number of allylic oxidation sites excluding steroid dienone is 6. The van der Waals surface area contributed by atoms with E-state index >= 15 is 0 Å². The molecule has 2 heterocycles. The summed E-state index contributed by atoms with van der Waals surface area (Å²) in [5.74, 6) is -1.03. The lowest BCUT2D eigenvalue weighted by Gasteiger charge is -2.42.